The van der Waals surface area contributed by atoms with Crippen molar-refractivity contribution in [2.45, 2.75) is 0 Å². The molecule has 1 aromatic rings. The van der Waals surface area contributed by atoms with E-state index in [0.717, 1.165) is 0 Å². The monoisotopic (exact) mass is 243 g/mol. The molecule has 2 N–H and O–H groups in total. The Morgan fingerprint density at radius 1 is 1.44 bits per heavy atom. The molecule has 0 spiro atoms. The summed E-state index contributed by atoms with van der Waals surface area (Å²) in [5.74, 6) is -1.36. The number of methoxy groups -OCH3 is 1. The Morgan fingerprint density at radius 3 is 2.75 bits per heavy atom. The van der Waals surface area contributed by atoms with Crippen LogP contribution >= 0.6 is 11.6 Å². The van der Waals surface area contributed by atoms with E-state index in [1.54, 1.807) is 12.1 Å². The number of hydrogen-bond donors (Lipinski definition) is 1. The van der Waals surface area contributed by atoms with Gasteiger partial charge in [-0.2, -0.15) is 0 Å². The number of halogens is 1. The van der Waals surface area contributed by atoms with E-state index in [1.165, 1.54) is 13.2 Å². The number of esters is 2. The first-order valence-electron chi connectivity index (χ1n) is 4.34. The summed E-state index contributed by atoms with van der Waals surface area (Å²) in [5.41, 5.74) is 5.90. The summed E-state index contributed by atoms with van der Waals surface area (Å²) in [5, 5.41) is 0.109. The van der Waals surface area contributed by atoms with Crippen LogP contribution in [0.4, 0.5) is 5.69 Å². The molecule has 0 aliphatic carbocycles. The highest BCUT2D eigenvalue weighted by atomic mass is 35.5. The second kappa shape index (κ2) is 5.37. The Bertz CT molecular complexity index is 419. The number of anilines is 1. The first-order chi connectivity index (χ1) is 7.56. The van der Waals surface area contributed by atoms with Gasteiger partial charge in [-0.15, -0.1) is 0 Å². The molecule has 1 aromatic carbocycles. The third-order valence-corrected chi connectivity index (χ3v) is 2.22. The van der Waals surface area contributed by atoms with Crippen LogP contribution in [-0.4, -0.2) is 25.7 Å². The molecule has 1 rings (SSSR count). The first kappa shape index (κ1) is 12.3. The average Bonchev–Trinajstić information content (AvgIpc) is 2.29. The number of carbonyl (C=O) groups excluding carboxylic acids is 2. The average molecular weight is 244 g/mol. The van der Waals surface area contributed by atoms with Gasteiger partial charge in [0.2, 0.25) is 0 Å². The van der Waals surface area contributed by atoms with Gasteiger partial charge in [-0.05, 0) is 12.1 Å². The fourth-order valence-electron chi connectivity index (χ4n) is 0.969. The van der Waals surface area contributed by atoms with E-state index in [2.05, 4.69) is 9.47 Å². The molecule has 0 saturated heterocycles. The summed E-state index contributed by atoms with van der Waals surface area (Å²) >= 11 is 5.80. The van der Waals surface area contributed by atoms with Crippen LogP contribution in [0.1, 0.15) is 10.4 Å². The highest BCUT2D eigenvalue weighted by molar-refractivity contribution is 6.36. The SMILES string of the molecule is COC(=O)COC(=O)c1cccc(N)c1Cl. The summed E-state index contributed by atoms with van der Waals surface area (Å²) in [7, 11) is 1.20. The number of nitrogen functional groups attached to an aromatic ring is 1. The first-order valence-corrected chi connectivity index (χ1v) is 4.72. The zero-order valence-corrected chi connectivity index (χ0v) is 9.28. The highest BCUT2D eigenvalue weighted by Gasteiger charge is 2.14. The fourth-order valence-corrected chi connectivity index (χ4v) is 1.17. The van der Waals surface area contributed by atoms with Crippen LogP contribution in [0.3, 0.4) is 0 Å². The lowest BCUT2D eigenvalue weighted by atomic mass is 10.2. The smallest absolute Gasteiger partial charge is 0.344 e. The Morgan fingerprint density at radius 2 is 2.12 bits per heavy atom. The van der Waals surface area contributed by atoms with Crippen molar-refractivity contribution < 1.29 is 19.1 Å². The van der Waals surface area contributed by atoms with E-state index in [4.69, 9.17) is 17.3 Å². The van der Waals surface area contributed by atoms with E-state index < -0.39 is 18.5 Å². The molecular formula is C10H10ClNO4. The van der Waals surface area contributed by atoms with Crippen LogP contribution in [0.25, 0.3) is 0 Å². The molecule has 5 nitrogen and oxygen atoms in total. The van der Waals surface area contributed by atoms with Crippen molar-refractivity contribution in [2.24, 2.45) is 0 Å². The van der Waals surface area contributed by atoms with Gasteiger partial charge in [0.15, 0.2) is 6.61 Å². The maximum atomic E-state index is 11.5. The van der Waals surface area contributed by atoms with Crippen molar-refractivity contribution in [2.75, 3.05) is 19.5 Å². The van der Waals surface area contributed by atoms with Gasteiger partial charge >= 0.3 is 11.9 Å². The lowest BCUT2D eigenvalue weighted by Crippen LogP contribution is -2.15. The summed E-state index contributed by atoms with van der Waals surface area (Å²) in [6, 6.07) is 4.58. The Balaban J connectivity index is 2.74. The zero-order chi connectivity index (χ0) is 12.1. The van der Waals surface area contributed by atoms with Gasteiger partial charge in [0, 0.05) is 0 Å². The van der Waals surface area contributed by atoms with E-state index in [1.807, 2.05) is 0 Å². The molecular weight excluding hydrogens is 234 g/mol. The predicted octanol–water partition coefficient (Wildman–Crippen LogP) is 1.25. The minimum absolute atomic E-state index is 0.109. The molecule has 0 aromatic heterocycles. The van der Waals surface area contributed by atoms with Crippen LogP contribution in [0, 0.1) is 0 Å². The summed E-state index contributed by atoms with van der Waals surface area (Å²) < 4.78 is 8.98. The van der Waals surface area contributed by atoms with Crippen molar-refractivity contribution in [1.82, 2.24) is 0 Å². The van der Waals surface area contributed by atoms with Gasteiger partial charge in [-0.3, -0.25) is 0 Å². The number of carbonyl (C=O) groups is 2. The van der Waals surface area contributed by atoms with Gasteiger partial charge in [-0.1, -0.05) is 17.7 Å². The van der Waals surface area contributed by atoms with Gasteiger partial charge in [0.1, 0.15) is 0 Å². The maximum absolute atomic E-state index is 11.5. The standard InChI is InChI=1S/C10H10ClNO4/c1-15-8(13)5-16-10(14)6-3-2-4-7(12)9(6)11/h2-4H,5,12H2,1H3. The summed E-state index contributed by atoms with van der Waals surface area (Å²) in [6.07, 6.45) is 0. The van der Waals surface area contributed by atoms with Gasteiger partial charge < -0.3 is 15.2 Å². The molecule has 6 heteroatoms. The largest absolute Gasteiger partial charge is 0.466 e. The molecule has 0 amide bonds. The molecule has 0 heterocycles. The Hall–Kier alpha value is -1.75. The zero-order valence-electron chi connectivity index (χ0n) is 8.53. The van der Waals surface area contributed by atoms with Crippen molar-refractivity contribution in [3.63, 3.8) is 0 Å². The number of nitrogens with two attached hydrogens (primary N) is 1. The molecule has 0 atom stereocenters. The highest BCUT2D eigenvalue weighted by Crippen LogP contribution is 2.23. The van der Waals surface area contributed by atoms with Gasteiger partial charge in [0.05, 0.1) is 23.4 Å². The van der Waals surface area contributed by atoms with E-state index in [-0.39, 0.29) is 16.3 Å². The van der Waals surface area contributed by atoms with Crippen LogP contribution in [0.2, 0.25) is 5.02 Å². The lowest BCUT2D eigenvalue weighted by molar-refractivity contribution is -0.144. The van der Waals surface area contributed by atoms with Crippen LogP contribution in [-0.2, 0) is 14.3 Å². The van der Waals surface area contributed by atoms with Crippen LogP contribution in [0.15, 0.2) is 18.2 Å². The van der Waals surface area contributed by atoms with Gasteiger partial charge in [0.25, 0.3) is 0 Å². The van der Waals surface area contributed by atoms with Gasteiger partial charge in [-0.25, -0.2) is 9.59 Å². The Labute approximate surface area is 97.1 Å². The summed E-state index contributed by atoms with van der Waals surface area (Å²) in [4.78, 5) is 22.2. The van der Waals surface area contributed by atoms with Crippen molar-refractivity contribution in [3.8, 4) is 0 Å². The molecule has 0 aliphatic rings. The third-order valence-electron chi connectivity index (χ3n) is 1.80. The maximum Gasteiger partial charge on any atom is 0.344 e. The number of ether oxygens (including phenoxy) is 2. The predicted molar refractivity (Wildman–Crippen MR) is 58.2 cm³/mol. The second-order valence-corrected chi connectivity index (χ2v) is 3.24. The number of hydrogen-bond acceptors (Lipinski definition) is 5. The summed E-state index contributed by atoms with van der Waals surface area (Å²) in [6.45, 7) is -0.458. The number of rotatable bonds is 3. The molecule has 86 valence electrons. The molecule has 0 fully saturated rings. The third kappa shape index (κ3) is 2.87. The van der Waals surface area contributed by atoms with Crippen LogP contribution < -0.4 is 5.73 Å². The Kier molecular flexibility index (Phi) is 4.13. The van der Waals surface area contributed by atoms with Crippen molar-refractivity contribution in [1.29, 1.82) is 0 Å². The quantitative estimate of drug-likeness (QED) is 0.639. The number of benzene rings is 1. The minimum atomic E-state index is -0.720. The van der Waals surface area contributed by atoms with Crippen LogP contribution in [0.5, 0.6) is 0 Å². The lowest BCUT2D eigenvalue weighted by Gasteiger charge is -2.06. The molecule has 16 heavy (non-hydrogen) atoms. The fraction of sp³-hybridized carbons (Fsp3) is 0.200. The molecule has 0 saturated carbocycles. The van der Waals surface area contributed by atoms with E-state index in [9.17, 15) is 9.59 Å². The van der Waals surface area contributed by atoms with E-state index >= 15 is 0 Å². The minimum Gasteiger partial charge on any atom is -0.466 e. The second-order valence-electron chi connectivity index (χ2n) is 2.86. The topological polar surface area (TPSA) is 78.6 Å². The molecule has 0 aliphatic heterocycles. The van der Waals surface area contributed by atoms with E-state index in [0.29, 0.717) is 0 Å². The molecule has 0 radical (unpaired) electrons. The van der Waals surface area contributed by atoms with Crippen molar-refractivity contribution in [3.05, 3.63) is 28.8 Å². The van der Waals surface area contributed by atoms with Crippen molar-refractivity contribution >= 4 is 29.2 Å². The molecule has 0 unspecified atom stereocenters. The normalized spacial score (nSPS) is 9.62. The molecule has 0 bridgehead atoms.